The van der Waals surface area contributed by atoms with Crippen LogP contribution in [-0.4, -0.2) is 12.0 Å². The molecule has 0 heterocycles. The van der Waals surface area contributed by atoms with E-state index < -0.39 is 0 Å². The van der Waals surface area contributed by atoms with Gasteiger partial charge in [-0.05, 0) is 37.6 Å². The summed E-state index contributed by atoms with van der Waals surface area (Å²) in [5.74, 6) is 0.0661. The molecule has 2 unspecified atom stereocenters. The fraction of sp³-hybridized carbons (Fsp3) is 0.316. The molecular formula is C19H24Cl2N2O2. The molecule has 25 heavy (non-hydrogen) atoms. The van der Waals surface area contributed by atoms with Crippen LogP contribution in [0.3, 0.4) is 0 Å². The molecule has 2 atom stereocenters. The molecule has 4 nitrogen and oxygen atoms in total. The zero-order valence-electron chi connectivity index (χ0n) is 14.5. The summed E-state index contributed by atoms with van der Waals surface area (Å²) in [4.78, 5) is 12.4. The molecule has 1 amide bonds. The predicted octanol–water partition coefficient (Wildman–Crippen LogP) is 4.82. The zero-order chi connectivity index (χ0) is 17.7. The quantitative estimate of drug-likeness (QED) is 0.752. The Morgan fingerprint density at radius 1 is 1.12 bits per heavy atom. The maximum Gasteiger partial charge on any atom is 0.229 e. The number of hydrogen-bond acceptors (Lipinski definition) is 3. The van der Waals surface area contributed by atoms with Crippen LogP contribution in [0.15, 0.2) is 48.5 Å². The molecule has 2 aromatic carbocycles. The smallest absolute Gasteiger partial charge is 0.229 e. The molecule has 0 saturated carbocycles. The highest BCUT2D eigenvalue weighted by atomic mass is 35.5. The van der Waals surface area contributed by atoms with Gasteiger partial charge in [0.05, 0.1) is 17.0 Å². The van der Waals surface area contributed by atoms with Crippen molar-refractivity contribution in [2.24, 2.45) is 11.7 Å². The number of hydrogen-bond donors (Lipinski definition) is 2. The Morgan fingerprint density at radius 3 is 2.32 bits per heavy atom. The van der Waals surface area contributed by atoms with Crippen molar-refractivity contribution in [1.82, 2.24) is 0 Å². The summed E-state index contributed by atoms with van der Waals surface area (Å²) in [7, 11) is 0. The molecule has 0 fully saturated rings. The highest BCUT2D eigenvalue weighted by molar-refractivity contribution is 6.32. The number of rotatable bonds is 6. The summed E-state index contributed by atoms with van der Waals surface area (Å²) < 4.78 is 5.58. The molecule has 0 aromatic heterocycles. The lowest BCUT2D eigenvalue weighted by atomic mass is 9.94. The van der Waals surface area contributed by atoms with Crippen LogP contribution in [-0.2, 0) is 4.79 Å². The summed E-state index contributed by atoms with van der Waals surface area (Å²) in [6.45, 7) is 5.67. The van der Waals surface area contributed by atoms with Crippen molar-refractivity contribution in [2.45, 2.75) is 32.9 Å². The van der Waals surface area contributed by atoms with Gasteiger partial charge in [-0.15, -0.1) is 12.4 Å². The van der Waals surface area contributed by atoms with Crippen LogP contribution in [0.4, 0.5) is 5.69 Å². The normalized spacial score (nSPS) is 12.9. The van der Waals surface area contributed by atoms with Crippen molar-refractivity contribution in [3.63, 3.8) is 0 Å². The van der Waals surface area contributed by atoms with E-state index in [9.17, 15) is 4.79 Å². The van der Waals surface area contributed by atoms with Gasteiger partial charge in [0.15, 0.2) is 0 Å². The van der Waals surface area contributed by atoms with Crippen molar-refractivity contribution < 1.29 is 9.53 Å². The van der Waals surface area contributed by atoms with Gasteiger partial charge in [0.1, 0.15) is 5.75 Å². The second-order valence-electron chi connectivity index (χ2n) is 6.03. The Labute approximate surface area is 160 Å². The molecule has 6 heteroatoms. The Kier molecular flexibility index (Phi) is 8.23. The number of carbonyl (C=O) groups is 1. The van der Waals surface area contributed by atoms with Gasteiger partial charge in [-0.1, -0.05) is 48.9 Å². The second-order valence-corrected chi connectivity index (χ2v) is 6.43. The molecule has 0 radical (unpaired) electrons. The highest BCUT2D eigenvalue weighted by Crippen LogP contribution is 2.29. The van der Waals surface area contributed by atoms with Gasteiger partial charge in [0, 0.05) is 11.7 Å². The Bertz CT molecular complexity index is 693. The molecule has 0 aliphatic heterocycles. The summed E-state index contributed by atoms with van der Waals surface area (Å²) in [5.41, 5.74) is 7.74. The van der Waals surface area contributed by atoms with Gasteiger partial charge in [0.25, 0.3) is 0 Å². The molecule has 3 N–H and O–H groups in total. The number of amides is 1. The molecule has 0 aliphatic rings. The molecule has 136 valence electrons. The Hall–Kier alpha value is -1.75. The van der Waals surface area contributed by atoms with E-state index in [0.29, 0.717) is 16.5 Å². The number of benzene rings is 2. The van der Waals surface area contributed by atoms with E-state index in [1.54, 1.807) is 18.2 Å². The maximum absolute atomic E-state index is 12.4. The number of nitrogens with two attached hydrogens (primary N) is 1. The van der Waals surface area contributed by atoms with Crippen molar-refractivity contribution in [3.8, 4) is 5.75 Å². The monoisotopic (exact) mass is 382 g/mol. The summed E-state index contributed by atoms with van der Waals surface area (Å²) in [6, 6.07) is 14.4. The van der Waals surface area contributed by atoms with E-state index in [4.69, 9.17) is 22.1 Å². The predicted molar refractivity (Wildman–Crippen MR) is 106 cm³/mol. The zero-order valence-corrected chi connectivity index (χ0v) is 16.1. The van der Waals surface area contributed by atoms with Crippen LogP contribution in [0.1, 0.15) is 32.4 Å². The van der Waals surface area contributed by atoms with Crippen molar-refractivity contribution >= 4 is 35.6 Å². The molecular weight excluding hydrogens is 359 g/mol. The lowest BCUT2D eigenvalue weighted by Gasteiger charge is -2.20. The number of anilines is 1. The van der Waals surface area contributed by atoms with Gasteiger partial charge in [-0.2, -0.15) is 0 Å². The second kappa shape index (κ2) is 9.66. The van der Waals surface area contributed by atoms with Crippen LogP contribution < -0.4 is 15.8 Å². The average molecular weight is 383 g/mol. The summed E-state index contributed by atoms with van der Waals surface area (Å²) >= 11 is 6.19. The minimum absolute atomic E-state index is 0. The van der Waals surface area contributed by atoms with E-state index >= 15 is 0 Å². The SMILES string of the molecule is CC(C)Oc1ccc(NC(=O)C(C)C(N)c2ccccc2)cc1Cl.Cl. The lowest BCUT2D eigenvalue weighted by Crippen LogP contribution is -2.30. The summed E-state index contributed by atoms with van der Waals surface area (Å²) in [5, 5.41) is 3.31. The van der Waals surface area contributed by atoms with Crippen LogP contribution in [0.25, 0.3) is 0 Å². The van der Waals surface area contributed by atoms with Crippen molar-refractivity contribution in [3.05, 3.63) is 59.1 Å². The third kappa shape index (κ3) is 5.92. The number of nitrogens with one attached hydrogen (secondary N) is 1. The van der Waals surface area contributed by atoms with E-state index in [1.807, 2.05) is 51.1 Å². The topological polar surface area (TPSA) is 64.3 Å². The first-order valence-electron chi connectivity index (χ1n) is 7.96. The fourth-order valence-corrected chi connectivity index (χ4v) is 2.54. The maximum atomic E-state index is 12.4. The first-order chi connectivity index (χ1) is 11.4. The van der Waals surface area contributed by atoms with Crippen LogP contribution in [0, 0.1) is 5.92 Å². The molecule has 2 aromatic rings. The number of ether oxygens (including phenoxy) is 1. The van der Waals surface area contributed by atoms with Gasteiger partial charge >= 0.3 is 0 Å². The van der Waals surface area contributed by atoms with Crippen LogP contribution in [0.2, 0.25) is 5.02 Å². The Morgan fingerprint density at radius 2 is 1.76 bits per heavy atom. The van der Waals surface area contributed by atoms with E-state index in [1.165, 1.54) is 0 Å². The third-order valence-electron chi connectivity index (χ3n) is 3.70. The number of halogens is 2. The van der Waals surface area contributed by atoms with Crippen LogP contribution in [0.5, 0.6) is 5.75 Å². The first-order valence-corrected chi connectivity index (χ1v) is 8.34. The molecule has 2 rings (SSSR count). The molecule has 0 saturated heterocycles. The van der Waals surface area contributed by atoms with E-state index in [2.05, 4.69) is 5.32 Å². The van der Waals surface area contributed by atoms with Gasteiger partial charge in [-0.3, -0.25) is 4.79 Å². The van der Waals surface area contributed by atoms with Gasteiger partial charge in [-0.25, -0.2) is 0 Å². The van der Waals surface area contributed by atoms with Crippen molar-refractivity contribution in [1.29, 1.82) is 0 Å². The minimum atomic E-state index is -0.377. The highest BCUT2D eigenvalue weighted by Gasteiger charge is 2.22. The lowest BCUT2D eigenvalue weighted by molar-refractivity contribution is -0.120. The first kappa shape index (κ1) is 21.3. The minimum Gasteiger partial charge on any atom is -0.489 e. The fourth-order valence-electron chi connectivity index (χ4n) is 2.31. The van der Waals surface area contributed by atoms with E-state index in [0.717, 1.165) is 5.56 Å². The van der Waals surface area contributed by atoms with Gasteiger partial charge in [0.2, 0.25) is 5.91 Å². The van der Waals surface area contributed by atoms with Crippen LogP contribution >= 0.6 is 24.0 Å². The largest absolute Gasteiger partial charge is 0.489 e. The summed E-state index contributed by atoms with van der Waals surface area (Å²) in [6.07, 6.45) is 0.0341. The standard InChI is InChI=1S/C19H23ClN2O2.ClH/c1-12(2)24-17-10-9-15(11-16(17)20)22-19(23)13(3)18(21)14-7-5-4-6-8-14;/h4-13,18H,21H2,1-3H3,(H,22,23);1H. The third-order valence-corrected chi connectivity index (χ3v) is 3.99. The average Bonchev–Trinajstić information content (AvgIpc) is 2.56. The van der Waals surface area contributed by atoms with E-state index in [-0.39, 0.29) is 36.4 Å². The van der Waals surface area contributed by atoms with Crippen molar-refractivity contribution in [2.75, 3.05) is 5.32 Å². The molecule has 0 aliphatic carbocycles. The molecule has 0 spiro atoms. The molecule has 0 bridgehead atoms. The number of carbonyl (C=O) groups excluding carboxylic acids is 1. The van der Waals surface area contributed by atoms with Gasteiger partial charge < -0.3 is 15.8 Å². The Balaban J connectivity index is 0.00000312.